The molecule has 0 saturated carbocycles. The third-order valence-electron chi connectivity index (χ3n) is 13.7. The first-order chi connectivity index (χ1) is 33.7. The van der Waals surface area contributed by atoms with Crippen molar-refractivity contribution < 1.29 is 4.42 Å². The van der Waals surface area contributed by atoms with Crippen LogP contribution in [0.2, 0.25) is 0 Å². The highest BCUT2D eigenvalue weighted by Gasteiger charge is 2.23. The van der Waals surface area contributed by atoms with E-state index in [-0.39, 0.29) is 0 Å². The van der Waals surface area contributed by atoms with E-state index in [0.717, 1.165) is 55.7 Å². The Morgan fingerprint density at radius 3 is 1.38 bits per heavy atom. The lowest BCUT2D eigenvalue weighted by atomic mass is 9.89. The molecule has 68 heavy (non-hydrogen) atoms. The van der Waals surface area contributed by atoms with E-state index >= 15 is 0 Å². The van der Waals surface area contributed by atoms with Gasteiger partial charge in [-0.3, -0.25) is 0 Å². The van der Waals surface area contributed by atoms with Crippen molar-refractivity contribution in [2.75, 3.05) is 4.90 Å². The number of hydrogen-bond acceptors (Lipinski definition) is 2. The predicted molar refractivity (Wildman–Crippen MR) is 288 cm³/mol. The Bertz CT molecular complexity index is 4020. The minimum atomic E-state index is 0.860. The van der Waals surface area contributed by atoms with Gasteiger partial charge in [0, 0.05) is 22.3 Å². The number of nitrogens with zero attached hydrogens (tertiary/aromatic N) is 1. The predicted octanol–water partition coefficient (Wildman–Crippen LogP) is 18.9. The number of para-hydroxylation sites is 1. The second kappa shape index (κ2) is 16.5. The zero-order chi connectivity index (χ0) is 45.0. The largest absolute Gasteiger partial charge is 0.455 e. The van der Waals surface area contributed by atoms with Gasteiger partial charge in [0.05, 0.1) is 11.1 Å². The normalized spacial score (nSPS) is 11.5. The van der Waals surface area contributed by atoms with Crippen LogP contribution in [-0.4, -0.2) is 0 Å². The van der Waals surface area contributed by atoms with Gasteiger partial charge in [0.15, 0.2) is 0 Å². The molecule has 0 aliphatic carbocycles. The van der Waals surface area contributed by atoms with E-state index in [0.29, 0.717) is 0 Å². The third-order valence-corrected chi connectivity index (χ3v) is 13.7. The minimum Gasteiger partial charge on any atom is -0.455 e. The maximum absolute atomic E-state index is 6.94. The lowest BCUT2D eigenvalue weighted by Crippen LogP contribution is -2.10. The first-order valence-corrected chi connectivity index (χ1v) is 23.3. The fraction of sp³-hybridized carbons (Fsp3) is 0. The lowest BCUT2D eigenvalue weighted by molar-refractivity contribution is 0.670. The highest BCUT2D eigenvalue weighted by atomic mass is 16.3. The number of fused-ring (bicyclic) bond motifs is 6. The monoisotopic (exact) mass is 865 g/mol. The number of benzene rings is 12. The number of rotatable bonds is 8. The lowest BCUT2D eigenvalue weighted by Gasteiger charge is -2.27. The molecular weight excluding hydrogens is 823 g/mol. The molecule has 2 heteroatoms. The van der Waals surface area contributed by atoms with Gasteiger partial charge in [-0.25, -0.2) is 0 Å². The van der Waals surface area contributed by atoms with Gasteiger partial charge in [-0.05, 0) is 131 Å². The van der Waals surface area contributed by atoms with Crippen molar-refractivity contribution in [2.24, 2.45) is 0 Å². The highest BCUT2D eigenvalue weighted by molar-refractivity contribution is 6.18. The van der Waals surface area contributed by atoms with E-state index in [2.05, 4.69) is 266 Å². The molecule has 13 rings (SSSR count). The zero-order valence-electron chi connectivity index (χ0n) is 37.2. The molecule has 0 N–H and O–H groups in total. The number of hydrogen-bond donors (Lipinski definition) is 0. The Morgan fingerprint density at radius 2 is 0.721 bits per heavy atom. The molecule has 0 aliphatic rings. The summed E-state index contributed by atoms with van der Waals surface area (Å²) in [7, 11) is 0. The van der Waals surface area contributed by atoms with Crippen LogP contribution in [0.5, 0.6) is 0 Å². The third kappa shape index (κ3) is 6.73. The summed E-state index contributed by atoms with van der Waals surface area (Å²) in [5.41, 5.74) is 16.6. The fourth-order valence-electron chi connectivity index (χ4n) is 10.5. The summed E-state index contributed by atoms with van der Waals surface area (Å²) in [5, 5.41) is 9.50. The number of anilines is 3. The van der Waals surface area contributed by atoms with Crippen molar-refractivity contribution in [3.8, 4) is 55.6 Å². The van der Waals surface area contributed by atoms with Crippen molar-refractivity contribution in [1.82, 2.24) is 0 Å². The molecule has 0 unspecified atom stereocenters. The summed E-state index contributed by atoms with van der Waals surface area (Å²) in [4.78, 5) is 2.40. The van der Waals surface area contributed by atoms with Gasteiger partial charge in [0.2, 0.25) is 0 Å². The molecule has 13 aromatic rings. The zero-order valence-corrected chi connectivity index (χ0v) is 37.2. The summed E-state index contributed by atoms with van der Waals surface area (Å²) in [6.45, 7) is 0. The van der Waals surface area contributed by atoms with E-state index in [4.69, 9.17) is 4.42 Å². The molecule has 0 amide bonds. The molecule has 0 spiro atoms. The van der Waals surface area contributed by atoms with Gasteiger partial charge in [-0.2, -0.15) is 0 Å². The van der Waals surface area contributed by atoms with Crippen molar-refractivity contribution in [1.29, 1.82) is 0 Å². The van der Waals surface area contributed by atoms with Crippen molar-refractivity contribution in [2.45, 2.75) is 0 Å². The molecule has 0 saturated heterocycles. The molecule has 0 fully saturated rings. The average molecular weight is 866 g/mol. The summed E-state index contributed by atoms with van der Waals surface area (Å²) in [6, 6.07) is 94.4. The van der Waals surface area contributed by atoms with Crippen LogP contribution >= 0.6 is 0 Å². The van der Waals surface area contributed by atoms with Crippen LogP contribution < -0.4 is 4.90 Å². The Morgan fingerprint density at radius 1 is 0.265 bits per heavy atom. The van der Waals surface area contributed by atoms with Crippen LogP contribution in [0.25, 0.3) is 110 Å². The first-order valence-electron chi connectivity index (χ1n) is 23.3. The minimum absolute atomic E-state index is 0.860. The van der Waals surface area contributed by atoms with Crippen molar-refractivity contribution in [3.05, 3.63) is 261 Å². The van der Waals surface area contributed by atoms with Crippen LogP contribution in [0, 0.1) is 0 Å². The molecular formula is C66H43NO. The van der Waals surface area contributed by atoms with Gasteiger partial charge < -0.3 is 9.32 Å². The van der Waals surface area contributed by atoms with E-state index < -0.39 is 0 Å². The van der Waals surface area contributed by atoms with Crippen LogP contribution in [0.4, 0.5) is 17.1 Å². The van der Waals surface area contributed by atoms with Crippen LogP contribution in [-0.2, 0) is 0 Å². The maximum Gasteiger partial charge on any atom is 0.145 e. The molecule has 318 valence electrons. The maximum atomic E-state index is 6.94. The molecule has 12 aromatic carbocycles. The summed E-state index contributed by atoms with van der Waals surface area (Å²) >= 11 is 0. The Hall–Kier alpha value is -8.98. The number of furan rings is 1. The van der Waals surface area contributed by atoms with E-state index in [1.807, 2.05) is 0 Å². The Labute approximate surface area is 395 Å². The fourth-order valence-corrected chi connectivity index (χ4v) is 10.5. The quantitative estimate of drug-likeness (QED) is 0.151. The topological polar surface area (TPSA) is 16.4 Å². The van der Waals surface area contributed by atoms with E-state index in [1.165, 1.54) is 71.3 Å². The first kappa shape index (κ1) is 39.4. The van der Waals surface area contributed by atoms with E-state index in [1.54, 1.807) is 0 Å². The van der Waals surface area contributed by atoms with Gasteiger partial charge >= 0.3 is 0 Å². The van der Waals surface area contributed by atoms with Gasteiger partial charge in [-0.1, -0.05) is 212 Å². The van der Waals surface area contributed by atoms with E-state index in [9.17, 15) is 0 Å². The summed E-state index contributed by atoms with van der Waals surface area (Å²) in [5.74, 6) is 0. The highest BCUT2D eigenvalue weighted by Crippen LogP contribution is 2.48. The molecule has 1 heterocycles. The van der Waals surface area contributed by atoms with Crippen LogP contribution in [0.1, 0.15) is 0 Å². The van der Waals surface area contributed by atoms with Crippen molar-refractivity contribution >= 4 is 71.3 Å². The molecule has 0 atom stereocenters. The molecule has 0 radical (unpaired) electrons. The van der Waals surface area contributed by atoms with Crippen LogP contribution in [0.3, 0.4) is 0 Å². The average Bonchev–Trinajstić information content (AvgIpc) is 3.81. The van der Waals surface area contributed by atoms with Crippen LogP contribution in [0.15, 0.2) is 265 Å². The second-order valence-corrected chi connectivity index (χ2v) is 17.6. The molecule has 2 nitrogen and oxygen atoms in total. The molecule has 1 aromatic heterocycles. The summed E-state index contributed by atoms with van der Waals surface area (Å²) < 4.78 is 6.94. The van der Waals surface area contributed by atoms with Crippen molar-refractivity contribution in [3.63, 3.8) is 0 Å². The Balaban J connectivity index is 0.973. The van der Waals surface area contributed by atoms with Gasteiger partial charge in [0.25, 0.3) is 0 Å². The SMILES string of the molecule is c1ccc(-c2ccccc2-c2ccc3ccccc3c2)c(-c2ccc(N(c3ccc(-c4cccc5ccccc45)cc3)c3ccc(-c4cccc5ccccc45)c4oc5ccccc5c34)cc2)c1. The smallest absolute Gasteiger partial charge is 0.145 e. The summed E-state index contributed by atoms with van der Waals surface area (Å²) in [6.07, 6.45) is 0. The Kier molecular flexibility index (Phi) is 9.54. The van der Waals surface area contributed by atoms with Gasteiger partial charge in [-0.15, -0.1) is 0 Å². The molecule has 0 bridgehead atoms. The molecule has 0 aliphatic heterocycles. The van der Waals surface area contributed by atoms with Gasteiger partial charge in [0.1, 0.15) is 11.2 Å². The second-order valence-electron chi connectivity index (χ2n) is 17.6. The standard InChI is InChI=1S/C66H43NO/c1-2-18-49-43-50(32-31-44(49)15-1)57-24-8-10-26-59(57)58-25-9-7-23-56(58)48-35-39-52(40-36-48)67(51-37-33-47(34-38-51)54-28-13-19-45-16-3-5-21-53(45)54)63-42-41-61(60-29-14-20-46-17-4-6-22-55(46)60)66-65(63)62-27-11-12-30-64(62)68-66/h1-43H.